The predicted molar refractivity (Wildman–Crippen MR) is 95.4 cm³/mol. The van der Waals surface area contributed by atoms with Gasteiger partial charge in [0, 0.05) is 24.5 Å². The SMILES string of the molecule is COc1ccc(C(=O)NCCNC(=O)c2n[nH]c3ccccc23)c(O)c1. The number of nitrogens with one attached hydrogen (secondary N) is 3. The van der Waals surface area contributed by atoms with Gasteiger partial charge in [0.2, 0.25) is 0 Å². The molecule has 0 spiro atoms. The van der Waals surface area contributed by atoms with Crippen LogP contribution in [0.4, 0.5) is 0 Å². The average Bonchev–Trinajstić information content (AvgIpc) is 3.09. The van der Waals surface area contributed by atoms with Crippen molar-refractivity contribution in [3.05, 3.63) is 53.7 Å². The normalized spacial score (nSPS) is 10.5. The van der Waals surface area contributed by atoms with Crippen molar-refractivity contribution in [1.29, 1.82) is 0 Å². The Morgan fingerprint density at radius 3 is 2.58 bits per heavy atom. The van der Waals surface area contributed by atoms with E-state index in [1.54, 1.807) is 6.07 Å². The van der Waals surface area contributed by atoms with Gasteiger partial charge in [-0.15, -0.1) is 0 Å². The van der Waals surface area contributed by atoms with Crippen LogP contribution in [0.15, 0.2) is 42.5 Å². The van der Waals surface area contributed by atoms with Crippen LogP contribution >= 0.6 is 0 Å². The van der Waals surface area contributed by atoms with Gasteiger partial charge in [-0.1, -0.05) is 18.2 Å². The Balaban J connectivity index is 1.52. The van der Waals surface area contributed by atoms with Crippen LogP contribution in [0.2, 0.25) is 0 Å². The molecule has 26 heavy (non-hydrogen) atoms. The smallest absolute Gasteiger partial charge is 0.272 e. The number of rotatable bonds is 6. The van der Waals surface area contributed by atoms with Crippen LogP contribution in [0, 0.1) is 0 Å². The van der Waals surface area contributed by atoms with E-state index in [2.05, 4.69) is 20.8 Å². The fourth-order valence-electron chi connectivity index (χ4n) is 2.50. The molecule has 0 aliphatic carbocycles. The van der Waals surface area contributed by atoms with Crippen LogP contribution in [-0.2, 0) is 0 Å². The van der Waals surface area contributed by atoms with E-state index in [0.717, 1.165) is 10.9 Å². The van der Waals surface area contributed by atoms with Crippen LogP contribution < -0.4 is 15.4 Å². The highest BCUT2D eigenvalue weighted by molar-refractivity contribution is 6.04. The Bertz CT molecular complexity index is 951. The number of aromatic amines is 1. The van der Waals surface area contributed by atoms with E-state index in [-0.39, 0.29) is 30.3 Å². The number of hydrogen-bond acceptors (Lipinski definition) is 5. The van der Waals surface area contributed by atoms with Crippen LogP contribution in [0.5, 0.6) is 11.5 Å². The van der Waals surface area contributed by atoms with Gasteiger partial charge in [0.25, 0.3) is 11.8 Å². The van der Waals surface area contributed by atoms with Crippen molar-refractivity contribution in [2.24, 2.45) is 0 Å². The molecule has 0 radical (unpaired) electrons. The van der Waals surface area contributed by atoms with E-state index in [4.69, 9.17) is 4.74 Å². The summed E-state index contributed by atoms with van der Waals surface area (Å²) in [5.41, 5.74) is 1.22. The summed E-state index contributed by atoms with van der Waals surface area (Å²) >= 11 is 0. The highest BCUT2D eigenvalue weighted by Crippen LogP contribution is 2.23. The predicted octanol–water partition coefficient (Wildman–Crippen LogP) is 1.44. The zero-order valence-corrected chi connectivity index (χ0v) is 14.1. The maximum Gasteiger partial charge on any atom is 0.272 e. The van der Waals surface area contributed by atoms with Crippen molar-refractivity contribution in [2.75, 3.05) is 20.2 Å². The lowest BCUT2D eigenvalue weighted by Crippen LogP contribution is -2.34. The molecule has 0 saturated heterocycles. The van der Waals surface area contributed by atoms with Gasteiger partial charge >= 0.3 is 0 Å². The fraction of sp³-hybridized carbons (Fsp3) is 0.167. The Morgan fingerprint density at radius 2 is 1.85 bits per heavy atom. The number of para-hydroxylation sites is 1. The monoisotopic (exact) mass is 354 g/mol. The van der Waals surface area contributed by atoms with Gasteiger partial charge in [-0.25, -0.2) is 0 Å². The molecule has 1 aromatic heterocycles. The molecule has 0 bridgehead atoms. The van der Waals surface area contributed by atoms with Gasteiger partial charge in [-0.3, -0.25) is 14.7 Å². The molecule has 3 rings (SSSR count). The third-order valence-corrected chi connectivity index (χ3v) is 3.83. The number of aromatic nitrogens is 2. The molecule has 4 N–H and O–H groups in total. The number of H-pyrrole nitrogens is 1. The Labute approximate surface area is 149 Å². The quantitative estimate of drug-likeness (QED) is 0.500. The molecule has 8 nitrogen and oxygen atoms in total. The summed E-state index contributed by atoms with van der Waals surface area (Å²) in [6.07, 6.45) is 0. The zero-order chi connectivity index (χ0) is 18.5. The van der Waals surface area contributed by atoms with Gasteiger partial charge in [0.05, 0.1) is 18.2 Å². The van der Waals surface area contributed by atoms with E-state index in [1.165, 1.54) is 19.2 Å². The van der Waals surface area contributed by atoms with Crippen molar-refractivity contribution >= 4 is 22.7 Å². The number of phenolic OH excluding ortho intramolecular Hbond substituents is 1. The number of nitrogens with zero attached hydrogens (tertiary/aromatic N) is 1. The Morgan fingerprint density at radius 1 is 1.12 bits per heavy atom. The number of hydrogen-bond donors (Lipinski definition) is 4. The minimum atomic E-state index is -0.440. The molecule has 2 amide bonds. The maximum absolute atomic E-state index is 12.2. The first-order valence-corrected chi connectivity index (χ1v) is 7.96. The van der Waals surface area contributed by atoms with Crippen molar-refractivity contribution in [2.45, 2.75) is 0 Å². The lowest BCUT2D eigenvalue weighted by atomic mass is 10.2. The molecule has 0 fully saturated rings. The minimum Gasteiger partial charge on any atom is -0.507 e. The molecule has 1 heterocycles. The summed E-state index contributed by atoms with van der Waals surface area (Å²) in [6.45, 7) is 0.432. The first-order valence-electron chi connectivity index (χ1n) is 7.96. The summed E-state index contributed by atoms with van der Waals surface area (Å²) in [5.74, 6) is -0.486. The Hall–Kier alpha value is -3.55. The first kappa shape index (κ1) is 17.3. The molecule has 0 aliphatic rings. The van der Waals surface area contributed by atoms with E-state index >= 15 is 0 Å². The van der Waals surface area contributed by atoms with Gasteiger partial charge in [-0.05, 0) is 18.2 Å². The number of ether oxygens (including phenoxy) is 1. The molecule has 0 aliphatic heterocycles. The second kappa shape index (κ2) is 7.56. The summed E-state index contributed by atoms with van der Waals surface area (Å²) in [6, 6.07) is 11.7. The number of fused-ring (bicyclic) bond motifs is 1. The molecule has 0 atom stereocenters. The van der Waals surface area contributed by atoms with Crippen molar-refractivity contribution in [3.63, 3.8) is 0 Å². The van der Waals surface area contributed by atoms with E-state index in [9.17, 15) is 14.7 Å². The van der Waals surface area contributed by atoms with Gasteiger partial charge in [0.15, 0.2) is 5.69 Å². The van der Waals surface area contributed by atoms with Crippen LogP contribution in [0.1, 0.15) is 20.8 Å². The summed E-state index contributed by atoms with van der Waals surface area (Å²) in [7, 11) is 1.47. The number of carbonyl (C=O) groups is 2. The van der Waals surface area contributed by atoms with Gasteiger partial charge in [-0.2, -0.15) is 5.10 Å². The number of benzene rings is 2. The first-order chi connectivity index (χ1) is 12.6. The average molecular weight is 354 g/mol. The molecule has 0 saturated carbocycles. The maximum atomic E-state index is 12.2. The van der Waals surface area contributed by atoms with Crippen molar-refractivity contribution in [3.8, 4) is 11.5 Å². The molecular formula is C18H18N4O4. The standard InChI is InChI=1S/C18H18N4O4/c1-26-11-6-7-13(15(23)10-11)17(24)19-8-9-20-18(25)16-12-4-2-3-5-14(12)21-22-16/h2-7,10,23H,8-9H2,1H3,(H,19,24)(H,20,25)(H,21,22). The van der Waals surface area contributed by atoms with Crippen molar-refractivity contribution in [1.82, 2.24) is 20.8 Å². The van der Waals surface area contributed by atoms with Crippen LogP contribution in [0.3, 0.4) is 0 Å². The van der Waals surface area contributed by atoms with E-state index in [1.807, 2.05) is 24.3 Å². The molecule has 3 aromatic rings. The molecular weight excluding hydrogens is 336 g/mol. The van der Waals surface area contributed by atoms with Gasteiger partial charge < -0.3 is 20.5 Å². The zero-order valence-electron chi connectivity index (χ0n) is 14.1. The van der Waals surface area contributed by atoms with Crippen LogP contribution in [0.25, 0.3) is 10.9 Å². The highest BCUT2D eigenvalue weighted by Gasteiger charge is 2.14. The number of aromatic hydroxyl groups is 1. The summed E-state index contributed by atoms with van der Waals surface area (Å²) in [5, 5.41) is 22.7. The number of methoxy groups -OCH3 is 1. The van der Waals surface area contributed by atoms with E-state index in [0.29, 0.717) is 11.4 Å². The third kappa shape index (κ3) is 3.59. The lowest BCUT2D eigenvalue weighted by molar-refractivity contribution is 0.0924. The van der Waals surface area contributed by atoms with Crippen molar-refractivity contribution < 1.29 is 19.4 Å². The van der Waals surface area contributed by atoms with Crippen LogP contribution in [-0.4, -0.2) is 47.3 Å². The number of carbonyl (C=O) groups excluding carboxylic acids is 2. The second-order valence-corrected chi connectivity index (χ2v) is 5.51. The topological polar surface area (TPSA) is 116 Å². The molecule has 134 valence electrons. The largest absolute Gasteiger partial charge is 0.507 e. The van der Waals surface area contributed by atoms with Gasteiger partial charge in [0.1, 0.15) is 11.5 Å². The highest BCUT2D eigenvalue weighted by atomic mass is 16.5. The molecule has 2 aromatic carbocycles. The lowest BCUT2D eigenvalue weighted by Gasteiger charge is -2.08. The minimum absolute atomic E-state index is 0.135. The number of phenols is 1. The number of amides is 2. The second-order valence-electron chi connectivity index (χ2n) is 5.51. The summed E-state index contributed by atoms with van der Waals surface area (Å²) in [4.78, 5) is 24.3. The molecule has 8 heteroatoms. The van der Waals surface area contributed by atoms with E-state index < -0.39 is 5.91 Å². The molecule has 0 unspecified atom stereocenters. The third-order valence-electron chi connectivity index (χ3n) is 3.83. The fourth-order valence-corrected chi connectivity index (χ4v) is 2.50. The Kier molecular flexibility index (Phi) is 5.02. The summed E-state index contributed by atoms with van der Waals surface area (Å²) < 4.78 is 4.97.